The molecule has 0 fully saturated rings. The molecule has 0 aliphatic rings. The first-order valence-electron chi connectivity index (χ1n) is 5.90. The molecule has 5 heteroatoms. The van der Waals surface area contributed by atoms with Crippen LogP contribution in [-0.4, -0.2) is 23.3 Å². The van der Waals surface area contributed by atoms with Crippen molar-refractivity contribution in [3.05, 3.63) is 18.3 Å². The normalized spacial score (nSPS) is 10.0. The second-order valence-electron chi connectivity index (χ2n) is 3.55. The number of urea groups is 1. The minimum absolute atomic E-state index is 0.170. The number of nitrogens with one attached hydrogen (secondary N) is 2. The van der Waals surface area contributed by atoms with Crippen LogP contribution in [0, 0.1) is 0 Å². The molecule has 0 aromatic carbocycles. The van der Waals surface area contributed by atoms with Crippen molar-refractivity contribution >= 4 is 23.5 Å². The molecule has 0 saturated heterocycles. The molecule has 0 radical (unpaired) electrons. The number of aromatic nitrogens is 1. The number of hydrogen-bond donors (Lipinski definition) is 2. The molecular formula is C12H19N3OS. The van der Waals surface area contributed by atoms with Crippen LogP contribution in [0.5, 0.6) is 0 Å². The number of carbonyl (C=O) groups is 1. The monoisotopic (exact) mass is 253 g/mol. The van der Waals surface area contributed by atoms with Gasteiger partial charge in [0.25, 0.3) is 0 Å². The Hall–Kier alpha value is -1.23. The van der Waals surface area contributed by atoms with Gasteiger partial charge in [-0.3, -0.25) is 0 Å². The van der Waals surface area contributed by atoms with Crippen molar-refractivity contribution < 1.29 is 4.79 Å². The molecule has 17 heavy (non-hydrogen) atoms. The Bertz CT molecular complexity index is 340. The minimum atomic E-state index is -0.170. The van der Waals surface area contributed by atoms with E-state index in [9.17, 15) is 4.79 Å². The number of pyridine rings is 1. The van der Waals surface area contributed by atoms with Crippen molar-refractivity contribution in [2.24, 2.45) is 0 Å². The number of nitrogens with zero attached hydrogens (tertiary/aromatic N) is 1. The summed E-state index contributed by atoms with van der Waals surface area (Å²) in [5.74, 6) is 0.997. The predicted octanol–water partition coefficient (Wildman–Crippen LogP) is 3.12. The molecule has 2 N–H and O–H groups in total. The van der Waals surface area contributed by atoms with E-state index < -0.39 is 0 Å². The summed E-state index contributed by atoms with van der Waals surface area (Å²) < 4.78 is 0. The number of hydrogen-bond acceptors (Lipinski definition) is 3. The van der Waals surface area contributed by atoms with Crippen molar-refractivity contribution in [3.63, 3.8) is 0 Å². The fourth-order valence-corrected chi connectivity index (χ4v) is 1.83. The summed E-state index contributed by atoms with van der Waals surface area (Å²) in [6.45, 7) is 4.88. The molecule has 2 amide bonds. The van der Waals surface area contributed by atoms with Gasteiger partial charge in [0, 0.05) is 6.54 Å². The highest BCUT2D eigenvalue weighted by molar-refractivity contribution is 7.99. The summed E-state index contributed by atoms with van der Waals surface area (Å²) in [6, 6.07) is 3.61. The van der Waals surface area contributed by atoms with E-state index in [0.717, 1.165) is 29.3 Å². The molecular weight excluding hydrogens is 234 g/mol. The van der Waals surface area contributed by atoms with E-state index in [-0.39, 0.29) is 6.03 Å². The van der Waals surface area contributed by atoms with Gasteiger partial charge in [0.1, 0.15) is 0 Å². The Balaban J connectivity index is 2.37. The lowest BCUT2D eigenvalue weighted by Crippen LogP contribution is -2.29. The Labute approximate surface area is 107 Å². The maximum atomic E-state index is 11.4. The van der Waals surface area contributed by atoms with Gasteiger partial charge in [0.05, 0.1) is 16.9 Å². The molecule has 0 aliphatic heterocycles. The zero-order valence-electron chi connectivity index (χ0n) is 10.3. The molecule has 1 rings (SSSR count). The highest BCUT2D eigenvalue weighted by Gasteiger charge is 2.01. The number of amides is 2. The Kier molecular flexibility index (Phi) is 6.47. The Morgan fingerprint density at radius 1 is 1.41 bits per heavy atom. The predicted molar refractivity (Wildman–Crippen MR) is 72.6 cm³/mol. The molecule has 0 saturated carbocycles. The van der Waals surface area contributed by atoms with Crippen LogP contribution in [-0.2, 0) is 0 Å². The van der Waals surface area contributed by atoms with Crippen LogP contribution in [0.2, 0.25) is 0 Å². The van der Waals surface area contributed by atoms with E-state index in [1.54, 1.807) is 18.0 Å². The van der Waals surface area contributed by atoms with Crippen molar-refractivity contribution in [2.75, 3.05) is 17.6 Å². The lowest BCUT2D eigenvalue weighted by atomic mass is 10.3. The molecule has 0 aliphatic carbocycles. The lowest BCUT2D eigenvalue weighted by molar-refractivity contribution is 0.252. The Morgan fingerprint density at radius 2 is 2.24 bits per heavy atom. The summed E-state index contributed by atoms with van der Waals surface area (Å²) in [5, 5.41) is 6.51. The molecule has 94 valence electrons. The highest BCUT2D eigenvalue weighted by atomic mass is 32.2. The summed E-state index contributed by atoms with van der Waals surface area (Å²) in [7, 11) is 0. The van der Waals surface area contributed by atoms with Gasteiger partial charge in [-0.25, -0.2) is 9.78 Å². The van der Waals surface area contributed by atoms with Crippen LogP contribution >= 0.6 is 11.8 Å². The summed E-state index contributed by atoms with van der Waals surface area (Å²) >= 11 is 1.68. The van der Waals surface area contributed by atoms with Gasteiger partial charge < -0.3 is 10.6 Å². The fourth-order valence-electron chi connectivity index (χ4n) is 1.24. The maximum Gasteiger partial charge on any atom is 0.319 e. The number of thioether (sulfide) groups is 1. The molecule has 0 unspecified atom stereocenters. The van der Waals surface area contributed by atoms with Gasteiger partial charge >= 0.3 is 6.03 Å². The third-order valence-corrected chi connectivity index (χ3v) is 2.93. The molecule has 0 spiro atoms. The molecule has 1 aromatic rings. The average Bonchev–Trinajstić information content (AvgIpc) is 2.32. The van der Waals surface area contributed by atoms with E-state index in [1.165, 1.54) is 0 Å². The molecule has 1 aromatic heterocycles. The van der Waals surface area contributed by atoms with Crippen molar-refractivity contribution in [2.45, 2.75) is 31.7 Å². The smallest absolute Gasteiger partial charge is 0.319 e. The number of rotatable bonds is 6. The number of anilines is 1. The zero-order chi connectivity index (χ0) is 12.5. The van der Waals surface area contributed by atoms with E-state index >= 15 is 0 Å². The SMILES string of the molecule is CCCCNC(=O)Nc1ccc(SCC)nc1. The zero-order valence-corrected chi connectivity index (χ0v) is 11.1. The standard InChI is InChI=1S/C12H19N3OS/c1-3-5-8-13-12(16)15-10-6-7-11(14-9-10)17-4-2/h6-7,9H,3-5,8H2,1-2H3,(H2,13,15,16). The first kappa shape index (κ1) is 13.8. The van der Waals surface area contributed by atoms with Gasteiger partial charge in [0.15, 0.2) is 0 Å². The van der Waals surface area contributed by atoms with E-state index in [1.807, 2.05) is 12.1 Å². The largest absolute Gasteiger partial charge is 0.338 e. The minimum Gasteiger partial charge on any atom is -0.338 e. The van der Waals surface area contributed by atoms with Crippen LogP contribution in [0.15, 0.2) is 23.4 Å². The van der Waals surface area contributed by atoms with E-state index in [0.29, 0.717) is 6.54 Å². The van der Waals surface area contributed by atoms with Crippen LogP contribution in [0.1, 0.15) is 26.7 Å². The molecule has 1 heterocycles. The van der Waals surface area contributed by atoms with Crippen molar-refractivity contribution in [1.29, 1.82) is 0 Å². The van der Waals surface area contributed by atoms with Gasteiger partial charge in [0.2, 0.25) is 0 Å². The summed E-state index contributed by atoms with van der Waals surface area (Å²) in [6.07, 6.45) is 3.75. The topological polar surface area (TPSA) is 54.0 Å². The molecule has 0 atom stereocenters. The van der Waals surface area contributed by atoms with Crippen molar-refractivity contribution in [1.82, 2.24) is 10.3 Å². The molecule has 0 bridgehead atoms. The summed E-state index contributed by atoms with van der Waals surface area (Å²) in [4.78, 5) is 15.7. The van der Waals surface area contributed by atoms with Crippen molar-refractivity contribution in [3.8, 4) is 0 Å². The quantitative estimate of drug-likeness (QED) is 0.605. The van der Waals surface area contributed by atoms with Gasteiger partial charge in [-0.15, -0.1) is 11.8 Å². The Morgan fingerprint density at radius 3 is 2.82 bits per heavy atom. The van der Waals surface area contributed by atoms with E-state index in [2.05, 4.69) is 29.5 Å². The average molecular weight is 253 g/mol. The second kappa shape index (κ2) is 7.95. The van der Waals surface area contributed by atoms with Gasteiger partial charge in [-0.2, -0.15) is 0 Å². The van der Waals surface area contributed by atoms with Crippen LogP contribution < -0.4 is 10.6 Å². The maximum absolute atomic E-state index is 11.4. The van der Waals surface area contributed by atoms with Crippen LogP contribution in [0.4, 0.5) is 10.5 Å². The highest BCUT2D eigenvalue weighted by Crippen LogP contribution is 2.16. The number of carbonyl (C=O) groups excluding carboxylic acids is 1. The van der Waals surface area contributed by atoms with E-state index in [4.69, 9.17) is 0 Å². The number of unbranched alkanes of at least 4 members (excludes halogenated alkanes) is 1. The third kappa shape index (κ3) is 5.58. The first-order chi connectivity index (χ1) is 8.26. The van der Waals surface area contributed by atoms with Gasteiger partial charge in [-0.1, -0.05) is 20.3 Å². The van der Waals surface area contributed by atoms with Crippen LogP contribution in [0.25, 0.3) is 0 Å². The molecule has 4 nitrogen and oxygen atoms in total. The first-order valence-corrected chi connectivity index (χ1v) is 6.88. The third-order valence-electron chi connectivity index (χ3n) is 2.10. The second-order valence-corrected chi connectivity index (χ2v) is 4.84. The van der Waals surface area contributed by atoms with Crippen LogP contribution in [0.3, 0.4) is 0 Å². The lowest BCUT2D eigenvalue weighted by Gasteiger charge is -2.07. The fraction of sp³-hybridized carbons (Fsp3) is 0.500. The summed E-state index contributed by atoms with van der Waals surface area (Å²) in [5.41, 5.74) is 0.722. The van der Waals surface area contributed by atoms with Gasteiger partial charge in [-0.05, 0) is 24.3 Å².